The minimum Gasteiger partial charge on any atom is -0.454 e. The summed E-state index contributed by atoms with van der Waals surface area (Å²) < 4.78 is 16.3. The highest BCUT2D eigenvalue weighted by atomic mass is 16.7. The van der Waals surface area contributed by atoms with E-state index >= 15 is 0 Å². The second-order valence-corrected chi connectivity index (χ2v) is 6.55. The number of allylic oxidation sites excluding steroid dienone is 3. The van der Waals surface area contributed by atoms with E-state index in [0.29, 0.717) is 12.9 Å². The topological polar surface area (TPSA) is 31.0 Å². The first kappa shape index (κ1) is 15.2. The standard InChI is InChI=1S/C19H24O3/c1-14(8-11-18-19(2,3)22-18)6-4-5-7-15-9-10-16-17(12-15)21-13-20-16/h5-7,9-10,12,18H,4,8,11,13H2,1-3H3. The van der Waals surface area contributed by atoms with Crippen molar-refractivity contribution in [3.05, 3.63) is 41.5 Å². The summed E-state index contributed by atoms with van der Waals surface area (Å²) in [7, 11) is 0. The number of fused-ring (bicyclic) bond motifs is 1. The van der Waals surface area contributed by atoms with Gasteiger partial charge in [-0.15, -0.1) is 0 Å². The predicted octanol–water partition coefficient (Wildman–Crippen LogP) is 4.72. The molecule has 0 spiro atoms. The fourth-order valence-electron chi connectivity index (χ4n) is 2.69. The van der Waals surface area contributed by atoms with Gasteiger partial charge in [-0.25, -0.2) is 0 Å². The quantitative estimate of drug-likeness (QED) is 0.562. The first-order valence-electron chi connectivity index (χ1n) is 7.94. The molecular formula is C19H24O3. The summed E-state index contributed by atoms with van der Waals surface area (Å²) in [5.74, 6) is 1.67. The highest BCUT2D eigenvalue weighted by Gasteiger charge is 2.46. The summed E-state index contributed by atoms with van der Waals surface area (Å²) in [6, 6.07) is 6.02. The Kier molecular flexibility index (Phi) is 4.25. The maximum atomic E-state index is 5.61. The molecule has 0 saturated carbocycles. The monoisotopic (exact) mass is 300 g/mol. The lowest BCUT2D eigenvalue weighted by Crippen LogP contribution is -2.02. The van der Waals surface area contributed by atoms with Crippen molar-refractivity contribution in [2.75, 3.05) is 6.79 Å². The van der Waals surface area contributed by atoms with Crippen LogP contribution < -0.4 is 9.47 Å². The van der Waals surface area contributed by atoms with Crippen LogP contribution in [0, 0.1) is 0 Å². The van der Waals surface area contributed by atoms with Gasteiger partial charge in [-0.1, -0.05) is 29.9 Å². The summed E-state index contributed by atoms with van der Waals surface area (Å²) in [5, 5.41) is 0. The zero-order chi connectivity index (χ0) is 15.6. The van der Waals surface area contributed by atoms with Crippen LogP contribution in [0.25, 0.3) is 6.08 Å². The molecule has 1 unspecified atom stereocenters. The molecule has 0 N–H and O–H groups in total. The van der Waals surface area contributed by atoms with Crippen LogP contribution in [0.2, 0.25) is 0 Å². The molecule has 0 aliphatic carbocycles. The van der Waals surface area contributed by atoms with Gasteiger partial charge in [0.05, 0.1) is 11.7 Å². The molecule has 0 aromatic heterocycles. The third-order valence-electron chi connectivity index (χ3n) is 4.27. The fraction of sp³-hybridized carbons (Fsp3) is 0.474. The molecule has 118 valence electrons. The van der Waals surface area contributed by atoms with E-state index in [9.17, 15) is 0 Å². The van der Waals surface area contributed by atoms with Crippen molar-refractivity contribution in [2.24, 2.45) is 0 Å². The van der Waals surface area contributed by atoms with Gasteiger partial charge in [0.15, 0.2) is 11.5 Å². The molecule has 22 heavy (non-hydrogen) atoms. The highest BCUT2D eigenvalue weighted by Crippen LogP contribution is 2.39. The molecule has 3 nitrogen and oxygen atoms in total. The van der Waals surface area contributed by atoms with Crippen LogP contribution in [0.4, 0.5) is 0 Å². The zero-order valence-corrected chi connectivity index (χ0v) is 13.6. The molecule has 0 bridgehead atoms. The highest BCUT2D eigenvalue weighted by molar-refractivity contribution is 5.56. The number of hydrogen-bond acceptors (Lipinski definition) is 3. The van der Waals surface area contributed by atoms with Crippen LogP contribution in [-0.2, 0) is 4.74 Å². The molecule has 1 aromatic rings. The molecule has 1 saturated heterocycles. The summed E-state index contributed by atoms with van der Waals surface area (Å²) in [6.45, 7) is 6.84. The molecule has 0 amide bonds. The van der Waals surface area contributed by atoms with E-state index in [1.54, 1.807) is 0 Å². The molecule has 3 rings (SSSR count). The van der Waals surface area contributed by atoms with Crippen LogP contribution in [0.15, 0.2) is 35.9 Å². The SMILES string of the molecule is CC(=CCC=Cc1ccc2c(c1)OCO2)CCC1OC1(C)C. The Morgan fingerprint density at radius 3 is 2.82 bits per heavy atom. The number of ether oxygens (including phenoxy) is 3. The molecule has 2 aliphatic heterocycles. The van der Waals surface area contributed by atoms with E-state index in [-0.39, 0.29) is 5.60 Å². The molecule has 2 heterocycles. The van der Waals surface area contributed by atoms with E-state index in [1.165, 1.54) is 5.57 Å². The Bertz CT molecular complexity index is 599. The second kappa shape index (κ2) is 6.17. The Labute approximate surface area is 132 Å². The molecule has 1 atom stereocenters. The lowest BCUT2D eigenvalue weighted by atomic mass is 10.0. The molecule has 1 aromatic carbocycles. The van der Waals surface area contributed by atoms with Gasteiger partial charge in [0.25, 0.3) is 0 Å². The molecule has 2 aliphatic rings. The molecular weight excluding hydrogens is 276 g/mol. The van der Waals surface area contributed by atoms with Gasteiger partial charge in [0, 0.05) is 0 Å². The molecule has 1 fully saturated rings. The lowest BCUT2D eigenvalue weighted by molar-refractivity contribution is 0.174. The fourth-order valence-corrected chi connectivity index (χ4v) is 2.69. The van der Waals surface area contributed by atoms with E-state index < -0.39 is 0 Å². The van der Waals surface area contributed by atoms with Crippen molar-refractivity contribution >= 4 is 6.08 Å². The summed E-state index contributed by atoms with van der Waals surface area (Å²) >= 11 is 0. The summed E-state index contributed by atoms with van der Waals surface area (Å²) in [5.41, 5.74) is 2.68. The lowest BCUT2D eigenvalue weighted by Gasteiger charge is -2.00. The van der Waals surface area contributed by atoms with Crippen molar-refractivity contribution in [1.82, 2.24) is 0 Å². The average molecular weight is 300 g/mol. The van der Waals surface area contributed by atoms with Crippen molar-refractivity contribution in [3.8, 4) is 11.5 Å². The van der Waals surface area contributed by atoms with Crippen LogP contribution in [0.1, 0.15) is 45.6 Å². The number of benzene rings is 1. The van der Waals surface area contributed by atoms with Crippen LogP contribution in [0.5, 0.6) is 11.5 Å². The molecule has 3 heteroatoms. The molecule has 0 radical (unpaired) electrons. The first-order valence-corrected chi connectivity index (χ1v) is 7.94. The second-order valence-electron chi connectivity index (χ2n) is 6.55. The van der Waals surface area contributed by atoms with Gasteiger partial charge < -0.3 is 14.2 Å². The largest absolute Gasteiger partial charge is 0.454 e. The Morgan fingerprint density at radius 2 is 2.05 bits per heavy atom. The Morgan fingerprint density at radius 1 is 1.27 bits per heavy atom. The summed E-state index contributed by atoms with van der Waals surface area (Å²) in [4.78, 5) is 0. The smallest absolute Gasteiger partial charge is 0.231 e. The number of rotatable bonds is 6. The number of hydrogen-bond donors (Lipinski definition) is 0. The van der Waals surface area contributed by atoms with Gasteiger partial charge >= 0.3 is 0 Å². The van der Waals surface area contributed by atoms with Gasteiger partial charge in [-0.05, 0) is 57.7 Å². The average Bonchev–Trinajstić information content (AvgIpc) is 2.89. The van der Waals surface area contributed by atoms with Gasteiger partial charge in [0.1, 0.15) is 0 Å². The third-order valence-corrected chi connectivity index (χ3v) is 4.27. The normalized spacial score (nSPS) is 22.3. The van der Waals surface area contributed by atoms with E-state index in [0.717, 1.165) is 36.3 Å². The van der Waals surface area contributed by atoms with Crippen LogP contribution in [0.3, 0.4) is 0 Å². The van der Waals surface area contributed by atoms with Crippen molar-refractivity contribution < 1.29 is 14.2 Å². The van der Waals surface area contributed by atoms with Gasteiger partial charge in [-0.2, -0.15) is 0 Å². The summed E-state index contributed by atoms with van der Waals surface area (Å²) in [6.07, 6.45) is 10.2. The Hall–Kier alpha value is -1.74. The van der Waals surface area contributed by atoms with E-state index in [2.05, 4.69) is 39.0 Å². The van der Waals surface area contributed by atoms with Crippen LogP contribution in [-0.4, -0.2) is 18.5 Å². The third kappa shape index (κ3) is 3.72. The van der Waals surface area contributed by atoms with Crippen LogP contribution >= 0.6 is 0 Å². The van der Waals surface area contributed by atoms with E-state index in [1.807, 2.05) is 18.2 Å². The zero-order valence-electron chi connectivity index (χ0n) is 13.6. The maximum absolute atomic E-state index is 5.61. The Balaban J connectivity index is 1.44. The number of epoxide rings is 1. The van der Waals surface area contributed by atoms with E-state index in [4.69, 9.17) is 14.2 Å². The minimum absolute atomic E-state index is 0.111. The van der Waals surface area contributed by atoms with Gasteiger partial charge in [-0.3, -0.25) is 0 Å². The van der Waals surface area contributed by atoms with Gasteiger partial charge in [0.2, 0.25) is 6.79 Å². The van der Waals surface area contributed by atoms with Crippen molar-refractivity contribution in [1.29, 1.82) is 0 Å². The maximum Gasteiger partial charge on any atom is 0.231 e. The minimum atomic E-state index is 0.111. The van der Waals surface area contributed by atoms with Crippen molar-refractivity contribution in [2.45, 2.75) is 51.7 Å². The predicted molar refractivity (Wildman–Crippen MR) is 88.2 cm³/mol. The first-order chi connectivity index (χ1) is 10.5. The van der Waals surface area contributed by atoms with Crippen molar-refractivity contribution in [3.63, 3.8) is 0 Å².